The first-order valence-electron chi connectivity index (χ1n) is 5.36. The van der Waals surface area contributed by atoms with Gasteiger partial charge in [-0.3, -0.25) is 0 Å². The van der Waals surface area contributed by atoms with Crippen molar-refractivity contribution < 1.29 is 0 Å². The van der Waals surface area contributed by atoms with Gasteiger partial charge >= 0.3 is 0 Å². The monoisotopic (exact) mass is 182 g/mol. The average Bonchev–Trinajstić information content (AvgIpc) is 1.98. The molecule has 0 rings (SSSR count). The SMILES string of the molecule is CCC(C)(C)C/C=C(\C)C(C)(C)C. The van der Waals surface area contributed by atoms with E-state index in [9.17, 15) is 0 Å². The van der Waals surface area contributed by atoms with Gasteiger partial charge in [-0.25, -0.2) is 0 Å². The van der Waals surface area contributed by atoms with Gasteiger partial charge in [0.1, 0.15) is 0 Å². The van der Waals surface area contributed by atoms with E-state index in [0.717, 1.165) is 0 Å². The Labute approximate surface area is 84.4 Å². The summed E-state index contributed by atoms with van der Waals surface area (Å²) in [5, 5.41) is 0. The lowest BCUT2D eigenvalue weighted by Gasteiger charge is -2.24. The lowest BCUT2D eigenvalue weighted by Crippen LogP contribution is -2.11. The van der Waals surface area contributed by atoms with Gasteiger partial charge in [-0.15, -0.1) is 0 Å². The molecule has 0 fully saturated rings. The molecule has 0 heteroatoms. The zero-order valence-electron chi connectivity index (χ0n) is 10.5. The molecule has 0 aromatic rings. The molecule has 0 N–H and O–H groups in total. The van der Waals surface area contributed by atoms with Crippen LogP contribution >= 0.6 is 0 Å². The van der Waals surface area contributed by atoms with Crippen molar-refractivity contribution in [2.45, 2.75) is 61.3 Å². The Morgan fingerprint density at radius 3 is 1.85 bits per heavy atom. The molecule has 0 spiro atoms. The van der Waals surface area contributed by atoms with Gasteiger partial charge in [0.25, 0.3) is 0 Å². The van der Waals surface area contributed by atoms with Gasteiger partial charge in [-0.2, -0.15) is 0 Å². The van der Waals surface area contributed by atoms with Crippen molar-refractivity contribution >= 4 is 0 Å². The lowest BCUT2D eigenvalue weighted by atomic mass is 9.82. The van der Waals surface area contributed by atoms with Gasteiger partial charge < -0.3 is 0 Å². The van der Waals surface area contributed by atoms with Crippen molar-refractivity contribution in [3.05, 3.63) is 11.6 Å². The lowest BCUT2D eigenvalue weighted by molar-refractivity contribution is 0.353. The summed E-state index contributed by atoms with van der Waals surface area (Å²) in [6.45, 7) is 16.0. The number of allylic oxidation sites excluding steroid dienone is 2. The summed E-state index contributed by atoms with van der Waals surface area (Å²) in [7, 11) is 0. The second kappa shape index (κ2) is 4.30. The Morgan fingerprint density at radius 1 is 1.08 bits per heavy atom. The van der Waals surface area contributed by atoms with Crippen molar-refractivity contribution in [3.8, 4) is 0 Å². The van der Waals surface area contributed by atoms with Crippen LogP contribution in [0.3, 0.4) is 0 Å². The highest BCUT2D eigenvalue weighted by Gasteiger charge is 2.16. The molecule has 0 aromatic heterocycles. The fraction of sp³-hybridized carbons (Fsp3) is 0.846. The third-order valence-corrected chi connectivity index (χ3v) is 3.10. The van der Waals surface area contributed by atoms with Crippen molar-refractivity contribution in [1.29, 1.82) is 0 Å². The van der Waals surface area contributed by atoms with Crippen LogP contribution in [0.15, 0.2) is 11.6 Å². The molecule has 0 aliphatic carbocycles. The molecule has 0 saturated heterocycles. The van der Waals surface area contributed by atoms with Crippen molar-refractivity contribution in [1.82, 2.24) is 0 Å². The molecule has 0 aromatic carbocycles. The van der Waals surface area contributed by atoms with Crippen LogP contribution in [0.2, 0.25) is 0 Å². The standard InChI is InChI=1S/C13H26/c1-8-13(6,7)10-9-11(2)12(3,4)5/h9H,8,10H2,1-7H3/b11-9+. The summed E-state index contributed by atoms with van der Waals surface area (Å²) >= 11 is 0. The molecule has 0 aliphatic heterocycles. The predicted octanol–water partition coefficient (Wildman–Crippen LogP) is 4.81. The van der Waals surface area contributed by atoms with E-state index in [0.29, 0.717) is 10.8 Å². The minimum absolute atomic E-state index is 0.337. The number of hydrogen-bond donors (Lipinski definition) is 0. The second-order valence-corrected chi connectivity index (χ2v) is 5.86. The molecule has 0 saturated carbocycles. The third-order valence-electron chi connectivity index (χ3n) is 3.10. The van der Waals surface area contributed by atoms with E-state index < -0.39 is 0 Å². The van der Waals surface area contributed by atoms with Crippen LogP contribution in [0.4, 0.5) is 0 Å². The van der Waals surface area contributed by atoms with Crippen LogP contribution in [0, 0.1) is 10.8 Å². The third kappa shape index (κ3) is 5.13. The van der Waals surface area contributed by atoms with E-state index in [-0.39, 0.29) is 0 Å². The van der Waals surface area contributed by atoms with E-state index in [1.54, 1.807) is 0 Å². The van der Waals surface area contributed by atoms with E-state index in [4.69, 9.17) is 0 Å². The molecule has 0 unspecified atom stereocenters. The van der Waals surface area contributed by atoms with Crippen molar-refractivity contribution in [2.24, 2.45) is 10.8 Å². The van der Waals surface area contributed by atoms with Crippen LogP contribution in [0.25, 0.3) is 0 Å². The number of rotatable bonds is 3. The topological polar surface area (TPSA) is 0 Å². The average molecular weight is 182 g/mol. The highest BCUT2D eigenvalue weighted by atomic mass is 14.2. The first-order chi connectivity index (χ1) is 5.69. The van der Waals surface area contributed by atoms with Crippen LogP contribution in [0.5, 0.6) is 0 Å². The molecular weight excluding hydrogens is 156 g/mol. The Hall–Kier alpha value is -0.260. The van der Waals surface area contributed by atoms with Gasteiger partial charge in [-0.1, -0.05) is 59.6 Å². The first-order valence-corrected chi connectivity index (χ1v) is 5.36. The van der Waals surface area contributed by atoms with E-state index in [1.165, 1.54) is 18.4 Å². The summed E-state index contributed by atoms with van der Waals surface area (Å²) in [5.74, 6) is 0. The van der Waals surface area contributed by atoms with Crippen LogP contribution in [-0.2, 0) is 0 Å². The minimum Gasteiger partial charge on any atom is -0.0845 e. The second-order valence-electron chi connectivity index (χ2n) is 5.86. The maximum absolute atomic E-state index is 2.41. The Bertz CT molecular complexity index is 177. The summed E-state index contributed by atoms with van der Waals surface area (Å²) in [6, 6.07) is 0. The molecule has 0 radical (unpaired) electrons. The van der Waals surface area contributed by atoms with E-state index >= 15 is 0 Å². The molecule has 0 heterocycles. The van der Waals surface area contributed by atoms with Crippen LogP contribution in [0.1, 0.15) is 61.3 Å². The Kier molecular flexibility index (Phi) is 4.22. The maximum Gasteiger partial charge on any atom is -0.0176 e. The molecule has 0 aliphatic rings. The smallest absolute Gasteiger partial charge is 0.0176 e. The Balaban J connectivity index is 4.28. The highest BCUT2D eigenvalue weighted by Crippen LogP contribution is 2.30. The summed E-state index contributed by atoms with van der Waals surface area (Å²) < 4.78 is 0. The highest BCUT2D eigenvalue weighted by molar-refractivity contribution is 5.08. The quantitative estimate of drug-likeness (QED) is 0.550. The van der Waals surface area contributed by atoms with Crippen molar-refractivity contribution in [2.75, 3.05) is 0 Å². The van der Waals surface area contributed by atoms with Gasteiger partial charge in [0.15, 0.2) is 0 Å². The fourth-order valence-corrected chi connectivity index (χ4v) is 0.880. The largest absolute Gasteiger partial charge is 0.0845 e. The molecule has 0 amide bonds. The summed E-state index contributed by atoms with van der Waals surface area (Å²) in [6.07, 6.45) is 4.86. The van der Waals surface area contributed by atoms with Gasteiger partial charge in [-0.05, 0) is 24.2 Å². The minimum atomic E-state index is 0.337. The zero-order chi connectivity index (χ0) is 10.7. The van der Waals surface area contributed by atoms with E-state index in [1.807, 2.05) is 0 Å². The fourth-order valence-electron chi connectivity index (χ4n) is 0.880. The van der Waals surface area contributed by atoms with Gasteiger partial charge in [0, 0.05) is 0 Å². The normalized spacial score (nSPS) is 14.8. The van der Waals surface area contributed by atoms with E-state index in [2.05, 4.69) is 54.5 Å². The molecule has 78 valence electrons. The molecule has 0 bridgehead atoms. The molecule has 13 heavy (non-hydrogen) atoms. The summed E-state index contributed by atoms with van der Waals surface area (Å²) in [4.78, 5) is 0. The molecule has 0 atom stereocenters. The zero-order valence-corrected chi connectivity index (χ0v) is 10.5. The van der Waals surface area contributed by atoms with Crippen LogP contribution < -0.4 is 0 Å². The van der Waals surface area contributed by atoms with Gasteiger partial charge in [0.05, 0.1) is 0 Å². The molecular formula is C13H26. The Morgan fingerprint density at radius 2 is 1.54 bits per heavy atom. The van der Waals surface area contributed by atoms with Crippen LogP contribution in [-0.4, -0.2) is 0 Å². The van der Waals surface area contributed by atoms with Crippen molar-refractivity contribution in [3.63, 3.8) is 0 Å². The maximum atomic E-state index is 2.41. The number of hydrogen-bond acceptors (Lipinski definition) is 0. The predicted molar refractivity (Wildman–Crippen MR) is 61.9 cm³/mol. The summed E-state index contributed by atoms with van der Waals surface area (Å²) in [5.41, 5.74) is 2.31. The molecule has 0 nitrogen and oxygen atoms in total. The first kappa shape index (κ1) is 12.7. The van der Waals surface area contributed by atoms with Gasteiger partial charge in [0.2, 0.25) is 0 Å².